The Balaban J connectivity index is 2.06. The average Bonchev–Trinajstić information content (AvgIpc) is 3.05. The summed E-state index contributed by atoms with van der Waals surface area (Å²) in [5, 5.41) is 0. The summed E-state index contributed by atoms with van der Waals surface area (Å²) in [6.07, 6.45) is 7.07. The summed E-state index contributed by atoms with van der Waals surface area (Å²) in [5.74, 6) is -1.03. The van der Waals surface area contributed by atoms with Crippen LogP contribution >= 0.6 is 0 Å². The molecule has 1 fully saturated rings. The first-order valence-corrected chi connectivity index (χ1v) is 9.50. The first-order valence-electron chi connectivity index (χ1n) is 9.50. The van der Waals surface area contributed by atoms with Crippen molar-refractivity contribution in [3.05, 3.63) is 34.9 Å². The summed E-state index contributed by atoms with van der Waals surface area (Å²) in [4.78, 5) is 36.6. The maximum Gasteiger partial charge on any atom is 0.333 e. The van der Waals surface area contributed by atoms with Crippen LogP contribution in [0.3, 0.4) is 0 Å². The van der Waals surface area contributed by atoms with Gasteiger partial charge in [0.25, 0.3) is 0 Å². The molecule has 0 unspecified atom stereocenters. The lowest BCUT2D eigenvalue weighted by Crippen LogP contribution is -2.20. The Morgan fingerprint density at radius 1 is 1.26 bits per heavy atom. The molecule has 0 saturated heterocycles. The predicted octanol–water partition coefficient (Wildman–Crippen LogP) is 3.94. The molecule has 0 aromatic rings. The molecule has 0 amide bonds. The highest BCUT2D eigenvalue weighted by Crippen LogP contribution is 2.60. The molecule has 27 heavy (non-hydrogen) atoms. The van der Waals surface area contributed by atoms with Gasteiger partial charge in [0.05, 0.1) is 19.4 Å². The summed E-state index contributed by atoms with van der Waals surface area (Å²) in [6.45, 7) is 9.56. The van der Waals surface area contributed by atoms with Crippen LogP contribution in [0.2, 0.25) is 0 Å². The zero-order chi connectivity index (χ0) is 20.4. The van der Waals surface area contributed by atoms with E-state index >= 15 is 0 Å². The van der Waals surface area contributed by atoms with E-state index in [1.165, 1.54) is 7.11 Å². The lowest BCUT2D eigenvalue weighted by Gasteiger charge is -2.13. The van der Waals surface area contributed by atoms with Gasteiger partial charge in [0.2, 0.25) is 0 Å². The van der Waals surface area contributed by atoms with Crippen LogP contribution in [0.4, 0.5) is 0 Å². The minimum atomic E-state index is -0.474. The summed E-state index contributed by atoms with van der Waals surface area (Å²) in [6, 6.07) is 0. The van der Waals surface area contributed by atoms with Gasteiger partial charge in [0.1, 0.15) is 6.10 Å². The van der Waals surface area contributed by atoms with Crippen LogP contribution in [-0.4, -0.2) is 30.9 Å². The minimum Gasteiger partial charge on any atom is -0.466 e. The number of carbonyl (C=O) groups is 3. The highest BCUT2D eigenvalue weighted by molar-refractivity contribution is 6.00. The van der Waals surface area contributed by atoms with Crippen molar-refractivity contribution in [2.75, 3.05) is 7.11 Å². The van der Waals surface area contributed by atoms with Gasteiger partial charge in [-0.2, -0.15) is 0 Å². The molecule has 2 aliphatic rings. The van der Waals surface area contributed by atoms with Crippen LogP contribution in [-0.2, 0) is 23.9 Å². The number of hydrogen-bond donors (Lipinski definition) is 0. The summed E-state index contributed by atoms with van der Waals surface area (Å²) in [5.41, 5.74) is 1.82. The van der Waals surface area contributed by atoms with Crippen molar-refractivity contribution in [3.63, 3.8) is 0 Å². The van der Waals surface area contributed by atoms with Gasteiger partial charge < -0.3 is 9.47 Å². The minimum absolute atomic E-state index is 0.0547. The topological polar surface area (TPSA) is 69.7 Å². The first-order chi connectivity index (χ1) is 12.6. The van der Waals surface area contributed by atoms with E-state index in [0.717, 1.165) is 17.6 Å². The lowest BCUT2D eigenvalue weighted by molar-refractivity contribution is -0.150. The number of allylic oxidation sites excluding steroid dienone is 4. The van der Waals surface area contributed by atoms with E-state index < -0.39 is 12.1 Å². The molecule has 0 radical (unpaired) electrons. The third-order valence-electron chi connectivity index (χ3n) is 5.75. The highest BCUT2D eigenvalue weighted by atomic mass is 16.5. The van der Waals surface area contributed by atoms with E-state index in [4.69, 9.17) is 9.47 Å². The Morgan fingerprint density at radius 2 is 1.93 bits per heavy atom. The quantitative estimate of drug-likeness (QED) is 0.384. The van der Waals surface area contributed by atoms with Gasteiger partial charge in [-0.3, -0.25) is 9.59 Å². The molecule has 0 aliphatic heterocycles. The fourth-order valence-electron chi connectivity index (χ4n) is 3.78. The van der Waals surface area contributed by atoms with Crippen molar-refractivity contribution < 1.29 is 23.9 Å². The number of hydrogen-bond acceptors (Lipinski definition) is 5. The molecule has 1 saturated carbocycles. The number of esters is 2. The van der Waals surface area contributed by atoms with Gasteiger partial charge in [-0.25, -0.2) is 4.79 Å². The second-order valence-electron chi connectivity index (χ2n) is 7.96. The third-order valence-corrected chi connectivity index (χ3v) is 5.75. The number of methoxy groups -OCH3 is 1. The number of rotatable bonds is 7. The van der Waals surface area contributed by atoms with Crippen molar-refractivity contribution in [2.24, 2.45) is 17.3 Å². The fraction of sp³-hybridized carbons (Fsp3) is 0.591. The van der Waals surface area contributed by atoms with Gasteiger partial charge in [0, 0.05) is 11.1 Å². The number of Topliss-reactive ketones (excluding diaryl/α,β-unsaturated/α-hetero) is 1. The zero-order valence-electron chi connectivity index (χ0n) is 17.1. The third kappa shape index (κ3) is 4.40. The largest absolute Gasteiger partial charge is 0.466 e. The zero-order valence-corrected chi connectivity index (χ0v) is 17.1. The first kappa shape index (κ1) is 21.1. The van der Waals surface area contributed by atoms with E-state index in [2.05, 4.69) is 0 Å². The molecule has 0 N–H and O–H groups in total. The van der Waals surface area contributed by atoms with Crippen LogP contribution < -0.4 is 0 Å². The Kier molecular flexibility index (Phi) is 6.45. The van der Waals surface area contributed by atoms with E-state index in [1.54, 1.807) is 13.0 Å². The Labute approximate surface area is 161 Å². The normalized spacial score (nSPS) is 27.3. The van der Waals surface area contributed by atoms with Gasteiger partial charge in [-0.1, -0.05) is 39.0 Å². The van der Waals surface area contributed by atoms with Gasteiger partial charge in [-0.05, 0) is 43.6 Å². The molecule has 0 heterocycles. The van der Waals surface area contributed by atoms with Gasteiger partial charge in [0.15, 0.2) is 5.78 Å². The summed E-state index contributed by atoms with van der Waals surface area (Å²) < 4.78 is 10.4. The molecule has 5 nitrogen and oxygen atoms in total. The summed E-state index contributed by atoms with van der Waals surface area (Å²) in [7, 11) is 1.34. The SMILES string of the molecule is CC/C=C\CC1=C(C)[C@H](OC(=O)[C@@H]2[C@@H](/C=C(\C)C(=O)OC)C2(C)C)CC1=O. The maximum atomic E-state index is 12.7. The molecule has 0 aromatic carbocycles. The molecule has 148 valence electrons. The smallest absolute Gasteiger partial charge is 0.333 e. The molecule has 2 rings (SSSR count). The van der Waals surface area contributed by atoms with Crippen molar-refractivity contribution in [2.45, 2.75) is 60.0 Å². The number of ether oxygens (including phenoxy) is 2. The van der Waals surface area contributed by atoms with Gasteiger partial charge >= 0.3 is 11.9 Å². The number of carbonyl (C=O) groups excluding carboxylic acids is 3. The van der Waals surface area contributed by atoms with Crippen molar-refractivity contribution >= 4 is 17.7 Å². The second kappa shape index (κ2) is 8.24. The van der Waals surface area contributed by atoms with Crippen molar-refractivity contribution in [3.8, 4) is 0 Å². The van der Waals surface area contributed by atoms with Gasteiger partial charge in [-0.15, -0.1) is 0 Å². The monoisotopic (exact) mass is 374 g/mol. The molecule has 2 aliphatic carbocycles. The molecule has 3 atom stereocenters. The molecule has 5 heteroatoms. The standard InChI is InChI=1S/C22H30O5/c1-7-8-9-10-15-14(3)18(12-17(15)23)27-21(25)19-16(22(19,4)5)11-13(2)20(24)26-6/h8-9,11,16,18-19H,7,10,12H2,1-6H3/b9-8-,13-11+/t16-,18-,19+/m1/s1. The average molecular weight is 374 g/mol. The molecule has 0 bridgehead atoms. The van der Waals surface area contributed by atoms with Crippen LogP contribution in [0.25, 0.3) is 0 Å². The highest BCUT2D eigenvalue weighted by Gasteiger charge is 2.62. The number of ketones is 1. The second-order valence-corrected chi connectivity index (χ2v) is 7.96. The van der Waals surface area contributed by atoms with Crippen molar-refractivity contribution in [1.82, 2.24) is 0 Å². The van der Waals surface area contributed by atoms with Crippen LogP contribution in [0.5, 0.6) is 0 Å². The van der Waals surface area contributed by atoms with Crippen molar-refractivity contribution in [1.29, 1.82) is 0 Å². The summed E-state index contributed by atoms with van der Waals surface area (Å²) >= 11 is 0. The lowest BCUT2D eigenvalue weighted by atomic mass is 10.1. The fourth-order valence-corrected chi connectivity index (χ4v) is 3.78. The Morgan fingerprint density at radius 3 is 2.52 bits per heavy atom. The molecule has 0 aromatic heterocycles. The Hall–Kier alpha value is -2.17. The molecular weight excluding hydrogens is 344 g/mol. The van der Waals surface area contributed by atoms with E-state index in [-0.39, 0.29) is 35.4 Å². The van der Waals surface area contributed by atoms with E-state index in [9.17, 15) is 14.4 Å². The Bertz CT molecular complexity index is 723. The van der Waals surface area contributed by atoms with Crippen LogP contribution in [0.15, 0.2) is 34.9 Å². The molecular formula is C22H30O5. The van der Waals surface area contributed by atoms with E-state index in [0.29, 0.717) is 12.0 Å². The predicted molar refractivity (Wildman–Crippen MR) is 103 cm³/mol. The maximum absolute atomic E-state index is 12.7. The molecule has 0 spiro atoms. The van der Waals surface area contributed by atoms with Crippen LogP contribution in [0, 0.1) is 17.3 Å². The van der Waals surface area contributed by atoms with E-state index in [1.807, 2.05) is 39.8 Å². The van der Waals surface area contributed by atoms with Crippen LogP contribution in [0.1, 0.15) is 53.9 Å².